The zero-order valence-corrected chi connectivity index (χ0v) is 15.0. The van der Waals surface area contributed by atoms with Crippen LogP contribution in [0.1, 0.15) is 10.4 Å². The van der Waals surface area contributed by atoms with Crippen LogP contribution in [0.2, 0.25) is 0 Å². The molecule has 0 radical (unpaired) electrons. The number of anilines is 1. The zero-order chi connectivity index (χ0) is 19.2. The van der Waals surface area contributed by atoms with Gasteiger partial charge in [0.15, 0.2) is 0 Å². The summed E-state index contributed by atoms with van der Waals surface area (Å²) in [5.74, 6) is -1.19. The Labute approximate surface area is 151 Å². The summed E-state index contributed by atoms with van der Waals surface area (Å²) in [5, 5.41) is 2.54. The number of nitrogens with one attached hydrogen (secondary N) is 1. The van der Waals surface area contributed by atoms with Gasteiger partial charge in [-0.25, -0.2) is 0 Å². The SMILES string of the molecule is COCC(=O)Nc1ccc(S(=O)(=O)N(OC)C(=O)c2ccccc2)cc1. The van der Waals surface area contributed by atoms with Crippen LogP contribution in [0.25, 0.3) is 0 Å². The molecule has 0 atom stereocenters. The lowest BCUT2D eigenvalue weighted by molar-refractivity contribution is -0.119. The van der Waals surface area contributed by atoms with Gasteiger partial charge in [-0.2, -0.15) is 8.42 Å². The van der Waals surface area contributed by atoms with Crippen molar-refractivity contribution in [1.29, 1.82) is 0 Å². The van der Waals surface area contributed by atoms with Crippen LogP contribution in [0.4, 0.5) is 5.69 Å². The molecule has 0 saturated carbocycles. The molecule has 1 N–H and O–H groups in total. The average molecular weight is 378 g/mol. The maximum absolute atomic E-state index is 12.7. The van der Waals surface area contributed by atoms with Crippen molar-refractivity contribution in [3.05, 3.63) is 60.2 Å². The quantitative estimate of drug-likeness (QED) is 0.735. The number of nitrogens with zero attached hydrogens (tertiary/aromatic N) is 1. The molecule has 0 heterocycles. The van der Waals surface area contributed by atoms with Crippen LogP contribution in [-0.2, 0) is 24.4 Å². The number of hydrogen-bond donors (Lipinski definition) is 1. The van der Waals surface area contributed by atoms with Gasteiger partial charge in [0.1, 0.15) is 6.61 Å². The van der Waals surface area contributed by atoms with E-state index in [0.717, 1.165) is 7.11 Å². The Morgan fingerprint density at radius 1 is 1.00 bits per heavy atom. The maximum Gasteiger partial charge on any atom is 0.292 e. The number of hydroxylamine groups is 1. The Morgan fingerprint density at radius 2 is 1.62 bits per heavy atom. The van der Waals surface area contributed by atoms with E-state index < -0.39 is 15.9 Å². The van der Waals surface area contributed by atoms with Gasteiger partial charge in [0.05, 0.1) is 12.0 Å². The van der Waals surface area contributed by atoms with Gasteiger partial charge in [0.25, 0.3) is 15.9 Å². The highest BCUT2D eigenvalue weighted by atomic mass is 32.2. The highest BCUT2D eigenvalue weighted by Crippen LogP contribution is 2.20. The highest BCUT2D eigenvalue weighted by molar-refractivity contribution is 7.89. The second-order valence-electron chi connectivity index (χ2n) is 5.09. The summed E-state index contributed by atoms with van der Waals surface area (Å²) >= 11 is 0. The molecule has 0 unspecified atom stereocenters. The molecule has 2 aromatic carbocycles. The minimum atomic E-state index is -4.23. The number of carbonyl (C=O) groups is 2. The molecule has 9 heteroatoms. The average Bonchev–Trinajstić information content (AvgIpc) is 2.63. The highest BCUT2D eigenvalue weighted by Gasteiger charge is 2.30. The van der Waals surface area contributed by atoms with Crippen LogP contribution in [-0.4, -0.2) is 45.5 Å². The van der Waals surface area contributed by atoms with E-state index >= 15 is 0 Å². The Balaban J connectivity index is 2.24. The number of hydrogen-bond acceptors (Lipinski definition) is 6. The molecule has 0 spiro atoms. The molecule has 0 saturated heterocycles. The van der Waals surface area contributed by atoms with Gasteiger partial charge in [0.2, 0.25) is 5.91 Å². The molecule has 2 aromatic rings. The van der Waals surface area contributed by atoms with Crippen molar-refractivity contribution in [2.75, 3.05) is 26.1 Å². The predicted octanol–water partition coefficient (Wildman–Crippen LogP) is 1.66. The number of amides is 2. The molecular weight excluding hydrogens is 360 g/mol. The van der Waals surface area contributed by atoms with Gasteiger partial charge in [0, 0.05) is 18.4 Å². The molecule has 26 heavy (non-hydrogen) atoms. The first-order valence-electron chi connectivity index (χ1n) is 7.48. The van der Waals surface area contributed by atoms with Crippen LogP contribution in [0.5, 0.6) is 0 Å². The van der Waals surface area contributed by atoms with Crippen LogP contribution in [0.15, 0.2) is 59.5 Å². The van der Waals surface area contributed by atoms with Crippen LogP contribution >= 0.6 is 0 Å². The minimum Gasteiger partial charge on any atom is -0.375 e. The van der Waals surface area contributed by atoms with E-state index in [4.69, 9.17) is 9.57 Å². The Hall–Kier alpha value is -2.75. The monoisotopic (exact) mass is 378 g/mol. The summed E-state index contributed by atoms with van der Waals surface area (Å²) in [4.78, 5) is 28.6. The summed E-state index contributed by atoms with van der Waals surface area (Å²) in [7, 11) is -1.75. The molecule has 2 amide bonds. The van der Waals surface area contributed by atoms with Gasteiger partial charge in [-0.1, -0.05) is 18.2 Å². The number of benzene rings is 2. The molecule has 0 aliphatic rings. The zero-order valence-electron chi connectivity index (χ0n) is 14.2. The molecule has 0 aliphatic heterocycles. The first-order chi connectivity index (χ1) is 12.4. The fourth-order valence-corrected chi connectivity index (χ4v) is 3.30. The second kappa shape index (κ2) is 8.56. The number of ether oxygens (including phenoxy) is 1. The summed E-state index contributed by atoms with van der Waals surface area (Å²) < 4.78 is 30.4. The summed E-state index contributed by atoms with van der Waals surface area (Å²) in [6, 6.07) is 13.2. The van der Waals surface area contributed by atoms with Crippen molar-refractivity contribution in [1.82, 2.24) is 4.47 Å². The number of methoxy groups -OCH3 is 1. The van der Waals surface area contributed by atoms with Crippen molar-refractivity contribution in [2.24, 2.45) is 0 Å². The minimum absolute atomic E-state index is 0.122. The summed E-state index contributed by atoms with van der Waals surface area (Å²) in [6.45, 7) is -0.122. The Morgan fingerprint density at radius 3 is 2.15 bits per heavy atom. The van der Waals surface area contributed by atoms with E-state index in [0.29, 0.717) is 10.2 Å². The smallest absolute Gasteiger partial charge is 0.292 e. The number of sulfonamides is 1. The standard InChI is InChI=1S/C17H18N2O6S/c1-24-12-16(20)18-14-8-10-15(11-9-14)26(22,23)19(25-2)17(21)13-6-4-3-5-7-13/h3-11H,12H2,1-2H3,(H,18,20). The third-order valence-corrected chi connectivity index (χ3v) is 4.90. The van der Waals surface area contributed by atoms with Crippen molar-refractivity contribution < 1.29 is 27.6 Å². The summed E-state index contributed by atoms with van der Waals surface area (Å²) in [5.41, 5.74) is 0.561. The van der Waals surface area contributed by atoms with E-state index in [-0.39, 0.29) is 23.0 Å². The Kier molecular flexibility index (Phi) is 6.45. The lowest BCUT2D eigenvalue weighted by Gasteiger charge is -2.19. The predicted molar refractivity (Wildman–Crippen MR) is 93.8 cm³/mol. The lowest BCUT2D eigenvalue weighted by Crippen LogP contribution is -2.36. The second-order valence-corrected chi connectivity index (χ2v) is 6.84. The Bertz CT molecular complexity index is 866. The normalized spacial score (nSPS) is 11.0. The van der Waals surface area contributed by atoms with E-state index in [1.54, 1.807) is 18.2 Å². The molecule has 0 fully saturated rings. The van der Waals surface area contributed by atoms with Gasteiger partial charge >= 0.3 is 0 Å². The molecule has 8 nitrogen and oxygen atoms in total. The van der Waals surface area contributed by atoms with Gasteiger partial charge in [-0.15, -0.1) is 4.47 Å². The summed E-state index contributed by atoms with van der Waals surface area (Å²) in [6.07, 6.45) is 0. The van der Waals surface area contributed by atoms with Crippen molar-refractivity contribution in [2.45, 2.75) is 4.90 Å². The van der Waals surface area contributed by atoms with Crippen LogP contribution in [0.3, 0.4) is 0 Å². The van der Waals surface area contributed by atoms with Crippen LogP contribution in [0, 0.1) is 0 Å². The molecule has 0 aromatic heterocycles. The third-order valence-electron chi connectivity index (χ3n) is 3.28. The maximum atomic E-state index is 12.7. The van der Waals surface area contributed by atoms with E-state index in [9.17, 15) is 18.0 Å². The fraction of sp³-hybridized carbons (Fsp3) is 0.176. The molecule has 0 bridgehead atoms. The van der Waals surface area contributed by atoms with Gasteiger partial charge in [-0.05, 0) is 36.4 Å². The molecule has 0 aliphatic carbocycles. The van der Waals surface area contributed by atoms with E-state index in [1.165, 1.54) is 43.5 Å². The fourth-order valence-electron chi connectivity index (χ4n) is 2.11. The molecular formula is C17H18N2O6S. The first kappa shape index (κ1) is 19.6. The topological polar surface area (TPSA) is 102 Å². The molecule has 138 valence electrons. The number of carbonyl (C=O) groups excluding carboxylic acids is 2. The van der Waals surface area contributed by atoms with E-state index in [1.807, 2.05) is 0 Å². The van der Waals surface area contributed by atoms with Crippen LogP contribution < -0.4 is 5.32 Å². The number of rotatable bonds is 7. The van der Waals surface area contributed by atoms with Crippen molar-refractivity contribution >= 4 is 27.5 Å². The lowest BCUT2D eigenvalue weighted by atomic mass is 10.2. The van der Waals surface area contributed by atoms with Gasteiger partial charge in [-0.3, -0.25) is 14.4 Å². The first-order valence-corrected chi connectivity index (χ1v) is 8.92. The van der Waals surface area contributed by atoms with Crippen molar-refractivity contribution in [3.8, 4) is 0 Å². The van der Waals surface area contributed by atoms with Gasteiger partial charge < -0.3 is 10.1 Å². The van der Waals surface area contributed by atoms with Crippen molar-refractivity contribution in [3.63, 3.8) is 0 Å². The largest absolute Gasteiger partial charge is 0.375 e. The third kappa shape index (κ3) is 4.45. The van der Waals surface area contributed by atoms with E-state index in [2.05, 4.69) is 5.32 Å². The molecule has 2 rings (SSSR count).